The molecule has 98 valence electrons. The summed E-state index contributed by atoms with van der Waals surface area (Å²) in [7, 11) is 0. The molecule has 0 radical (unpaired) electrons. The van der Waals surface area contributed by atoms with Crippen LogP contribution < -0.4 is 0 Å². The second-order valence-electron chi connectivity index (χ2n) is 4.66. The van der Waals surface area contributed by atoms with Gasteiger partial charge in [0, 0.05) is 5.56 Å². The molecular formula is C18H13FO. The predicted molar refractivity (Wildman–Crippen MR) is 78.6 cm³/mol. The molecule has 0 amide bonds. The Balaban J connectivity index is 2.05. The van der Waals surface area contributed by atoms with E-state index in [-0.39, 0.29) is 0 Å². The SMILES string of the molecule is O=C(c1cccc2ccccc12)C(F)c1ccccc1. The van der Waals surface area contributed by atoms with E-state index >= 15 is 0 Å². The number of hydrogen-bond acceptors (Lipinski definition) is 1. The van der Waals surface area contributed by atoms with Crippen molar-refractivity contribution in [3.63, 3.8) is 0 Å². The van der Waals surface area contributed by atoms with Crippen LogP contribution in [-0.4, -0.2) is 5.78 Å². The lowest BCUT2D eigenvalue weighted by Gasteiger charge is -2.10. The number of hydrogen-bond donors (Lipinski definition) is 0. The molecule has 0 fully saturated rings. The van der Waals surface area contributed by atoms with Crippen molar-refractivity contribution in [1.29, 1.82) is 0 Å². The highest BCUT2D eigenvalue weighted by molar-refractivity contribution is 6.10. The number of fused-ring (bicyclic) bond motifs is 1. The van der Waals surface area contributed by atoms with Gasteiger partial charge in [0.15, 0.2) is 6.17 Å². The number of benzene rings is 3. The third-order valence-electron chi connectivity index (χ3n) is 3.38. The Morgan fingerprint density at radius 1 is 0.800 bits per heavy atom. The first kappa shape index (κ1) is 12.5. The van der Waals surface area contributed by atoms with Crippen molar-refractivity contribution in [2.75, 3.05) is 0 Å². The molecule has 3 aromatic rings. The molecule has 0 aliphatic carbocycles. The Kier molecular flexibility index (Phi) is 3.30. The molecule has 0 saturated heterocycles. The maximum Gasteiger partial charge on any atom is 0.202 e. The zero-order valence-corrected chi connectivity index (χ0v) is 10.8. The van der Waals surface area contributed by atoms with Crippen LogP contribution in [0.5, 0.6) is 0 Å². The fraction of sp³-hybridized carbons (Fsp3) is 0.0556. The molecule has 3 aromatic carbocycles. The Hall–Kier alpha value is -2.48. The molecule has 0 heterocycles. The van der Waals surface area contributed by atoms with Gasteiger partial charge in [-0.2, -0.15) is 0 Å². The first-order valence-electron chi connectivity index (χ1n) is 6.48. The van der Waals surface area contributed by atoms with Crippen LogP contribution >= 0.6 is 0 Å². The highest BCUT2D eigenvalue weighted by Crippen LogP contribution is 2.26. The van der Waals surface area contributed by atoms with Gasteiger partial charge in [0.25, 0.3) is 0 Å². The molecule has 0 spiro atoms. The van der Waals surface area contributed by atoms with Crippen LogP contribution in [0.2, 0.25) is 0 Å². The van der Waals surface area contributed by atoms with Crippen molar-refractivity contribution in [2.24, 2.45) is 0 Å². The number of alkyl halides is 1. The minimum absolute atomic E-state index is 0.394. The van der Waals surface area contributed by atoms with Crippen LogP contribution in [0.25, 0.3) is 10.8 Å². The van der Waals surface area contributed by atoms with Crippen molar-refractivity contribution in [1.82, 2.24) is 0 Å². The quantitative estimate of drug-likeness (QED) is 0.625. The summed E-state index contributed by atoms with van der Waals surface area (Å²) < 4.78 is 14.4. The summed E-state index contributed by atoms with van der Waals surface area (Å²) in [6.45, 7) is 0. The van der Waals surface area contributed by atoms with Gasteiger partial charge in [-0.05, 0) is 16.3 Å². The van der Waals surface area contributed by atoms with E-state index < -0.39 is 12.0 Å². The summed E-state index contributed by atoms with van der Waals surface area (Å²) >= 11 is 0. The third-order valence-corrected chi connectivity index (χ3v) is 3.38. The molecule has 0 N–H and O–H groups in total. The van der Waals surface area contributed by atoms with E-state index in [0.717, 1.165) is 10.8 Å². The maximum atomic E-state index is 14.4. The van der Waals surface area contributed by atoms with Crippen LogP contribution in [0, 0.1) is 0 Å². The van der Waals surface area contributed by atoms with Gasteiger partial charge in [0.1, 0.15) is 0 Å². The Morgan fingerprint density at radius 2 is 1.45 bits per heavy atom. The second kappa shape index (κ2) is 5.25. The van der Waals surface area contributed by atoms with E-state index in [1.807, 2.05) is 30.3 Å². The van der Waals surface area contributed by atoms with E-state index in [0.29, 0.717) is 11.1 Å². The highest BCUT2D eigenvalue weighted by atomic mass is 19.1. The standard InChI is InChI=1S/C18H13FO/c19-17(14-8-2-1-3-9-14)18(20)16-12-6-10-13-7-4-5-11-15(13)16/h1-12,17H. The Morgan fingerprint density at radius 3 is 2.25 bits per heavy atom. The average Bonchev–Trinajstić information content (AvgIpc) is 2.54. The molecule has 20 heavy (non-hydrogen) atoms. The molecule has 3 rings (SSSR count). The van der Waals surface area contributed by atoms with Crippen LogP contribution in [-0.2, 0) is 0 Å². The lowest BCUT2D eigenvalue weighted by Crippen LogP contribution is -2.08. The van der Waals surface area contributed by atoms with Gasteiger partial charge in [-0.1, -0.05) is 72.8 Å². The number of carbonyl (C=O) groups excluding carboxylic acids is 1. The van der Waals surface area contributed by atoms with Crippen molar-refractivity contribution in [3.05, 3.63) is 83.9 Å². The molecular weight excluding hydrogens is 251 g/mol. The zero-order chi connectivity index (χ0) is 13.9. The monoisotopic (exact) mass is 264 g/mol. The first-order chi connectivity index (χ1) is 9.77. The molecule has 0 aliphatic heterocycles. The normalized spacial score (nSPS) is 12.2. The summed E-state index contributed by atoms with van der Waals surface area (Å²) in [5, 5.41) is 1.73. The summed E-state index contributed by atoms with van der Waals surface area (Å²) in [6, 6.07) is 21.4. The lowest BCUT2D eigenvalue weighted by molar-refractivity contribution is 0.0879. The van der Waals surface area contributed by atoms with Gasteiger partial charge in [-0.3, -0.25) is 4.79 Å². The van der Waals surface area contributed by atoms with E-state index in [1.165, 1.54) is 0 Å². The second-order valence-corrected chi connectivity index (χ2v) is 4.66. The fourth-order valence-electron chi connectivity index (χ4n) is 2.35. The summed E-state index contributed by atoms with van der Waals surface area (Å²) in [6.07, 6.45) is -1.62. The van der Waals surface area contributed by atoms with Crippen molar-refractivity contribution < 1.29 is 9.18 Å². The molecule has 1 unspecified atom stereocenters. The molecule has 0 bridgehead atoms. The van der Waals surface area contributed by atoms with Crippen LogP contribution in [0.3, 0.4) is 0 Å². The van der Waals surface area contributed by atoms with Crippen molar-refractivity contribution >= 4 is 16.6 Å². The summed E-state index contributed by atoms with van der Waals surface area (Å²) in [5.74, 6) is -0.493. The minimum Gasteiger partial charge on any atom is -0.290 e. The third kappa shape index (κ3) is 2.21. The van der Waals surface area contributed by atoms with Gasteiger partial charge in [0.2, 0.25) is 5.78 Å². The number of Topliss-reactive ketones (excluding diaryl/α,β-unsaturated/α-hetero) is 1. The van der Waals surface area contributed by atoms with Gasteiger partial charge >= 0.3 is 0 Å². The van der Waals surface area contributed by atoms with Crippen LogP contribution in [0.15, 0.2) is 72.8 Å². The summed E-state index contributed by atoms with van der Waals surface area (Å²) in [4.78, 5) is 12.4. The lowest BCUT2D eigenvalue weighted by atomic mass is 9.96. The maximum absolute atomic E-state index is 14.4. The van der Waals surface area contributed by atoms with Gasteiger partial charge < -0.3 is 0 Å². The number of carbonyl (C=O) groups is 1. The van der Waals surface area contributed by atoms with E-state index in [4.69, 9.17) is 0 Å². The molecule has 0 saturated carbocycles. The Bertz CT molecular complexity index is 744. The fourth-order valence-corrected chi connectivity index (χ4v) is 2.35. The number of rotatable bonds is 3. The van der Waals surface area contributed by atoms with E-state index in [1.54, 1.807) is 42.5 Å². The first-order valence-corrected chi connectivity index (χ1v) is 6.48. The summed E-state index contributed by atoms with van der Waals surface area (Å²) in [5.41, 5.74) is 0.824. The van der Waals surface area contributed by atoms with E-state index in [2.05, 4.69) is 0 Å². The Labute approximate surface area is 116 Å². The van der Waals surface area contributed by atoms with Crippen LogP contribution in [0.1, 0.15) is 22.1 Å². The van der Waals surface area contributed by atoms with E-state index in [9.17, 15) is 9.18 Å². The van der Waals surface area contributed by atoms with Crippen molar-refractivity contribution in [3.8, 4) is 0 Å². The minimum atomic E-state index is -1.62. The average molecular weight is 264 g/mol. The number of halogens is 1. The highest BCUT2D eigenvalue weighted by Gasteiger charge is 2.22. The van der Waals surface area contributed by atoms with Gasteiger partial charge in [-0.25, -0.2) is 4.39 Å². The van der Waals surface area contributed by atoms with Crippen molar-refractivity contribution in [2.45, 2.75) is 6.17 Å². The number of ketones is 1. The van der Waals surface area contributed by atoms with Crippen LogP contribution in [0.4, 0.5) is 4.39 Å². The molecule has 0 aromatic heterocycles. The predicted octanol–water partition coefficient (Wildman–Crippen LogP) is 4.73. The zero-order valence-electron chi connectivity index (χ0n) is 10.8. The molecule has 2 heteroatoms. The molecule has 1 nitrogen and oxygen atoms in total. The van der Waals surface area contributed by atoms with Gasteiger partial charge in [0.05, 0.1) is 0 Å². The van der Waals surface area contributed by atoms with Gasteiger partial charge in [-0.15, -0.1) is 0 Å². The largest absolute Gasteiger partial charge is 0.290 e. The molecule has 0 aliphatic rings. The smallest absolute Gasteiger partial charge is 0.202 e. The topological polar surface area (TPSA) is 17.1 Å². The molecule has 1 atom stereocenters.